The molecule has 0 N–H and O–H groups in total. The van der Waals surface area contributed by atoms with Crippen LogP contribution in [0, 0.1) is 12.3 Å². The Morgan fingerprint density at radius 2 is 2.14 bits per heavy atom. The van der Waals surface area contributed by atoms with Gasteiger partial charge in [-0.25, -0.2) is 13.2 Å². The Hall–Kier alpha value is -1.06. The van der Waals surface area contributed by atoms with E-state index in [4.69, 9.17) is 11.2 Å². The third-order valence-electron chi connectivity index (χ3n) is 1.13. The van der Waals surface area contributed by atoms with Crippen molar-refractivity contribution < 1.29 is 22.7 Å². The smallest absolute Gasteiger partial charge is 0.333 e. The lowest BCUT2D eigenvalue weighted by molar-refractivity contribution is -0.147. The summed E-state index contributed by atoms with van der Waals surface area (Å²) in [7, 11) is -3.05. The number of ether oxygens (including phenoxy) is 2. The maximum absolute atomic E-state index is 10.7. The summed E-state index contributed by atoms with van der Waals surface area (Å²) in [5, 5.41) is 0. The van der Waals surface area contributed by atoms with Crippen molar-refractivity contribution in [3.05, 3.63) is 0 Å². The van der Waals surface area contributed by atoms with Crippen LogP contribution in [0.4, 0.5) is 0 Å². The van der Waals surface area contributed by atoms with E-state index in [1.807, 2.05) is 0 Å². The fraction of sp³-hybridized carbons (Fsp3) is 0.625. The number of terminal acetylenes is 1. The first-order valence-electron chi connectivity index (χ1n) is 3.80. The van der Waals surface area contributed by atoms with E-state index in [0.29, 0.717) is 0 Å². The Bertz CT molecular complexity index is 311. The minimum absolute atomic E-state index is 0.0238. The van der Waals surface area contributed by atoms with Crippen molar-refractivity contribution in [1.82, 2.24) is 0 Å². The molecule has 0 spiro atoms. The molecule has 0 fully saturated rings. The van der Waals surface area contributed by atoms with Gasteiger partial charge in [0.25, 0.3) is 0 Å². The van der Waals surface area contributed by atoms with Crippen LogP contribution in [0.1, 0.15) is 0 Å². The second-order valence-electron chi connectivity index (χ2n) is 2.55. The van der Waals surface area contributed by atoms with Gasteiger partial charge in [-0.3, -0.25) is 0 Å². The summed E-state index contributed by atoms with van der Waals surface area (Å²) in [6.07, 6.45) is 5.93. The number of hydrogen-bond donors (Lipinski definition) is 0. The van der Waals surface area contributed by atoms with Gasteiger partial charge in [0.05, 0.1) is 12.4 Å². The Balaban J connectivity index is 3.47. The summed E-state index contributed by atoms with van der Waals surface area (Å²) in [6.45, 7) is -0.407. The number of carbonyl (C=O) groups excluding carboxylic acids is 1. The molecule has 0 bridgehead atoms. The van der Waals surface area contributed by atoms with Crippen LogP contribution in [-0.2, 0) is 24.1 Å². The molecule has 80 valence electrons. The topological polar surface area (TPSA) is 69.7 Å². The molecule has 0 heterocycles. The molecule has 0 amide bonds. The van der Waals surface area contributed by atoms with Crippen LogP contribution in [0.5, 0.6) is 0 Å². The van der Waals surface area contributed by atoms with Crippen LogP contribution in [-0.4, -0.2) is 46.2 Å². The maximum Gasteiger partial charge on any atom is 0.333 e. The fourth-order valence-electron chi connectivity index (χ4n) is 0.530. The largest absolute Gasteiger partial charge is 0.451 e. The summed E-state index contributed by atoms with van der Waals surface area (Å²) >= 11 is 0. The van der Waals surface area contributed by atoms with Crippen molar-refractivity contribution in [1.29, 1.82) is 0 Å². The molecule has 5 nitrogen and oxygen atoms in total. The molecule has 0 aliphatic heterocycles. The quantitative estimate of drug-likeness (QED) is 0.334. The van der Waals surface area contributed by atoms with Gasteiger partial charge >= 0.3 is 5.97 Å². The molecule has 0 saturated heterocycles. The zero-order valence-corrected chi connectivity index (χ0v) is 8.67. The minimum atomic E-state index is -3.05. The second kappa shape index (κ2) is 6.40. The van der Waals surface area contributed by atoms with E-state index in [2.05, 4.69) is 10.7 Å². The SMILES string of the molecule is C#CCOC(=O)COCCS(C)(=O)=O. The molecule has 0 aliphatic rings. The van der Waals surface area contributed by atoms with E-state index in [1.165, 1.54) is 0 Å². The Morgan fingerprint density at radius 1 is 1.50 bits per heavy atom. The number of esters is 1. The van der Waals surface area contributed by atoms with Crippen LogP contribution in [0.3, 0.4) is 0 Å². The summed E-state index contributed by atoms with van der Waals surface area (Å²) in [6, 6.07) is 0. The van der Waals surface area contributed by atoms with Crippen molar-refractivity contribution >= 4 is 15.8 Å². The summed E-state index contributed by atoms with van der Waals surface area (Å²) in [5.74, 6) is 1.40. The van der Waals surface area contributed by atoms with Gasteiger partial charge in [0.1, 0.15) is 16.4 Å². The van der Waals surface area contributed by atoms with Crippen LogP contribution < -0.4 is 0 Å². The highest BCUT2D eigenvalue weighted by atomic mass is 32.2. The number of hydrogen-bond acceptors (Lipinski definition) is 5. The molecule has 14 heavy (non-hydrogen) atoms. The number of carbonyl (C=O) groups is 1. The molecule has 0 radical (unpaired) electrons. The highest BCUT2D eigenvalue weighted by molar-refractivity contribution is 7.90. The highest BCUT2D eigenvalue weighted by Crippen LogP contribution is 1.85. The van der Waals surface area contributed by atoms with E-state index in [1.54, 1.807) is 0 Å². The predicted octanol–water partition coefficient (Wildman–Crippen LogP) is -0.776. The minimum Gasteiger partial charge on any atom is -0.451 e. The van der Waals surface area contributed by atoms with Gasteiger partial charge in [0.2, 0.25) is 0 Å². The maximum atomic E-state index is 10.7. The van der Waals surface area contributed by atoms with Gasteiger partial charge in [-0.05, 0) is 0 Å². The van der Waals surface area contributed by atoms with Gasteiger partial charge in [-0.2, -0.15) is 0 Å². The van der Waals surface area contributed by atoms with E-state index >= 15 is 0 Å². The van der Waals surface area contributed by atoms with Crippen LogP contribution in [0.25, 0.3) is 0 Å². The Morgan fingerprint density at radius 3 is 2.64 bits per heavy atom. The second-order valence-corrected chi connectivity index (χ2v) is 4.81. The molecule has 6 heteroatoms. The molecular weight excluding hydrogens is 208 g/mol. The average Bonchev–Trinajstić information content (AvgIpc) is 2.07. The lowest BCUT2D eigenvalue weighted by Gasteiger charge is -2.02. The normalized spacial score (nSPS) is 10.6. The fourth-order valence-corrected chi connectivity index (χ4v) is 0.950. The summed E-state index contributed by atoms with van der Waals surface area (Å²) in [5.41, 5.74) is 0. The molecule has 0 aromatic rings. The number of sulfone groups is 1. The van der Waals surface area contributed by atoms with Crippen molar-refractivity contribution in [3.63, 3.8) is 0 Å². The molecule has 0 rings (SSSR count). The van der Waals surface area contributed by atoms with Crippen molar-refractivity contribution in [3.8, 4) is 12.3 Å². The van der Waals surface area contributed by atoms with E-state index in [-0.39, 0.29) is 25.6 Å². The molecule has 0 unspecified atom stereocenters. The monoisotopic (exact) mass is 220 g/mol. The predicted molar refractivity (Wildman–Crippen MR) is 50.3 cm³/mol. The Labute approximate surface area is 83.3 Å². The lowest BCUT2D eigenvalue weighted by Crippen LogP contribution is -2.17. The van der Waals surface area contributed by atoms with E-state index in [0.717, 1.165) is 6.26 Å². The van der Waals surface area contributed by atoms with Crippen LogP contribution in [0.15, 0.2) is 0 Å². The first-order chi connectivity index (χ1) is 6.45. The molecular formula is C8H12O5S. The van der Waals surface area contributed by atoms with E-state index < -0.39 is 15.8 Å². The average molecular weight is 220 g/mol. The molecule has 0 aromatic heterocycles. The third-order valence-corrected chi connectivity index (χ3v) is 2.04. The first kappa shape index (κ1) is 12.9. The molecule has 0 atom stereocenters. The lowest BCUT2D eigenvalue weighted by atomic mass is 10.7. The van der Waals surface area contributed by atoms with Crippen molar-refractivity contribution in [2.45, 2.75) is 0 Å². The van der Waals surface area contributed by atoms with Crippen molar-refractivity contribution in [2.24, 2.45) is 0 Å². The highest BCUT2D eigenvalue weighted by Gasteiger charge is 2.04. The molecule has 0 saturated carbocycles. The van der Waals surface area contributed by atoms with Gasteiger partial charge in [-0.15, -0.1) is 6.42 Å². The summed E-state index contributed by atoms with van der Waals surface area (Å²) in [4.78, 5) is 10.7. The van der Waals surface area contributed by atoms with E-state index in [9.17, 15) is 13.2 Å². The van der Waals surface area contributed by atoms with Gasteiger partial charge < -0.3 is 9.47 Å². The Kier molecular flexibility index (Phi) is 5.92. The third kappa shape index (κ3) is 9.03. The van der Waals surface area contributed by atoms with Crippen LogP contribution in [0.2, 0.25) is 0 Å². The standard InChI is InChI=1S/C8H12O5S/c1-3-4-13-8(9)7-12-5-6-14(2,10)11/h1H,4-7H2,2H3. The van der Waals surface area contributed by atoms with Gasteiger partial charge in [-0.1, -0.05) is 5.92 Å². The molecule has 0 aromatic carbocycles. The van der Waals surface area contributed by atoms with Crippen molar-refractivity contribution in [2.75, 3.05) is 31.8 Å². The van der Waals surface area contributed by atoms with Gasteiger partial charge in [0, 0.05) is 6.26 Å². The zero-order valence-electron chi connectivity index (χ0n) is 7.86. The number of rotatable bonds is 6. The first-order valence-corrected chi connectivity index (χ1v) is 5.86. The summed E-state index contributed by atoms with van der Waals surface area (Å²) < 4.78 is 30.5. The van der Waals surface area contributed by atoms with Gasteiger partial charge in [0.15, 0.2) is 6.61 Å². The molecule has 0 aliphatic carbocycles. The van der Waals surface area contributed by atoms with Crippen LogP contribution >= 0.6 is 0 Å². The zero-order chi connectivity index (χ0) is 11.0.